The Morgan fingerprint density at radius 3 is 2.50 bits per heavy atom. The average molecular weight is 284 g/mol. The van der Waals surface area contributed by atoms with Crippen LogP contribution in [0.25, 0.3) is 0 Å². The maximum Gasteiger partial charge on any atom is 0.0178 e. The molecule has 0 radical (unpaired) electrons. The predicted molar refractivity (Wildman–Crippen MR) is 74.6 cm³/mol. The summed E-state index contributed by atoms with van der Waals surface area (Å²) in [6.45, 7) is 7.57. The second-order valence-corrected chi connectivity index (χ2v) is 6.50. The predicted octanol–water partition coefficient (Wildman–Crippen LogP) is 4.32. The van der Waals surface area contributed by atoms with Crippen molar-refractivity contribution in [2.24, 2.45) is 11.1 Å². The highest BCUT2D eigenvalue weighted by molar-refractivity contribution is 9.10. The summed E-state index contributed by atoms with van der Waals surface area (Å²) in [5, 5.41) is 0. The molecule has 2 heteroatoms. The van der Waals surface area contributed by atoms with Crippen LogP contribution in [0.15, 0.2) is 28.7 Å². The van der Waals surface area contributed by atoms with E-state index in [-0.39, 0.29) is 0 Å². The first-order chi connectivity index (χ1) is 7.42. The van der Waals surface area contributed by atoms with Crippen LogP contribution < -0.4 is 5.73 Å². The fourth-order valence-electron chi connectivity index (χ4n) is 1.79. The third kappa shape index (κ3) is 4.67. The monoisotopic (exact) mass is 283 g/mol. The molecule has 0 bridgehead atoms. The SMILES string of the molecule is CC(C)(C)CCC(CN)c1cccc(Br)c1. The molecule has 1 nitrogen and oxygen atoms in total. The molecule has 0 saturated carbocycles. The first-order valence-corrected chi connectivity index (χ1v) is 6.67. The zero-order valence-electron chi connectivity index (χ0n) is 10.5. The van der Waals surface area contributed by atoms with Crippen molar-refractivity contribution in [2.75, 3.05) is 6.54 Å². The van der Waals surface area contributed by atoms with E-state index in [9.17, 15) is 0 Å². The molecule has 1 aromatic carbocycles. The van der Waals surface area contributed by atoms with Gasteiger partial charge >= 0.3 is 0 Å². The van der Waals surface area contributed by atoms with Crippen LogP contribution in [0, 0.1) is 5.41 Å². The Hall–Kier alpha value is -0.340. The second kappa shape index (κ2) is 5.83. The standard InChI is InChI=1S/C14H22BrN/c1-14(2,3)8-7-12(10-16)11-5-4-6-13(15)9-11/h4-6,9,12H,7-8,10,16H2,1-3H3. The van der Waals surface area contributed by atoms with Gasteiger partial charge in [-0.3, -0.25) is 0 Å². The van der Waals surface area contributed by atoms with Crippen LogP contribution in [0.5, 0.6) is 0 Å². The largest absolute Gasteiger partial charge is 0.330 e. The minimum Gasteiger partial charge on any atom is -0.330 e. The highest BCUT2D eigenvalue weighted by Crippen LogP contribution is 2.29. The van der Waals surface area contributed by atoms with Gasteiger partial charge < -0.3 is 5.73 Å². The van der Waals surface area contributed by atoms with Gasteiger partial charge in [0, 0.05) is 4.47 Å². The molecule has 0 heterocycles. The first-order valence-electron chi connectivity index (χ1n) is 5.88. The molecule has 1 atom stereocenters. The molecule has 2 N–H and O–H groups in total. The van der Waals surface area contributed by atoms with E-state index in [0.717, 1.165) is 17.4 Å². The quantitative estimate of drug-likeness (QED) is 0.875. The molecule has 0 aliphatic rings. The molecular weight excluding hydrogens is 262 g/mol. The molecule has 0 fully saturated rings. The highest BCUT2D eigenvalue weighted by atomic mass is 79.9. The number of hydrogen-bond acceptors (Lipinski definition) is 1. The minimum absolute atomic E-state index is 0.388. The van der Waals surface area contributed by atoms with E-state index >= 15 is 0 Å². The molecule has 1 aromatic rings. The van der Waals surface area contributed by atoms with Gasteiger partial charge in [0.2, 0.25) is 0 Å². The summed E-state index contributed by atoms with van der Waals surface area (Å²) >= 11 is 3.51. The van der Waals surface area contributed by atoms with Crippen LogP contribution in [0.1, 0.15) is 45.1 Å². The first kappa shape index (κ1) is 13.7. The summed E-state index contributed by atoms with van der Waals surface area (Å²) in [5.41, 5.74) is 7.61. The molecule has 0 aliphatic heterocycles. The van der Waals surface area contributed by atoms with Gasteiger partial charge in [-0.1, -0.05) is 48.8 Å². The van der Waals surface area contributed by atoms with Crippen LogP contribution >= 0.6 is 15.9 Å². The number of benzene rings is 1. The Morgan fingerprint density at radius 1 is 1.31 bits per heavy atom. The van der Waals surface area contributed by atoms with Crippen LogP contribution in [-0.2, 0) is 0 Å². The Labute approximate surface area is 108 Å². The van der Waals surface area contributed by atoms with E-state index < -0.39 is 0 Å². The van der Waals surface area contributed by atoms with Gasteiger partial charge in [-0.15, -0.1) is 0 Å². The van der Waals surface area contributed by atoms with Gasteiger partial charge in [0.25, 0.3) is 0 Å². The summed E-state index contributed by atoms with van der Waals surface area (Å²) in [5.74, 6) is 0.483. The summed E-state index contributed by atoms with van der Waals surface area (Å²) in [4.78, 5) is 0. The lowest BCUT2D eigenvalue weighted by Crippen LogP contribution is -2.15. The lowest BCUT2D eigenvalue weighted by molar-refractivity contribution is 0.349. The zero-order valence-corrected chi connectivity index (χ0v) is 12.0. The van der Waals surface area contributed by atoms with Crippen molar-refractivity contribution in [1.82, 2.24) is 0 Å². The van der Waals surface area contributed by atoms with Crippen LogP contribution in [0.4, 0.5) is 0 Å². The van der Waals surface area contributed by atoms with Crippen molar-refractivity contribution in [1.29, 1.82) is 0 Å². The number of halogens is 1. The summed E-state index contributed by atoms with van der Waals surface area (Å²) in [7, 11) is 0. The lowest BCUT2D eigenvalue weighted by Gasteiger charge is -2.22. The lowest BCUT2D eigenvalue weighted by atomic mass is 9.84. The van der Waals surface area contributed by atoms with E-state index in [1.54, 1.807) is 0 Å². The normalized spacial score (nSPS) is 13.8. The van der Waals surface area contributed by atoms with E-state index in [1.807, 2.05) is 0 Å². The smallest absolute Gasteiger partial charge is 0.0178 e. The van der Waals surface area contributed by atoms with Gasteiger partial charge in [-0.05, 0) is 48.4 Å². The molecule has 0 aromatic heterocycles. The average Bonchev–Trinajstić information content (AvgIpc) is 2.17. The van der Waals surface area contributed by atoms with Gasteiger partial charge in [-0.2, -0.15) is 0 Å². The van der Waals surface area contributed by atoms with Crippen molar-refractivity contribution < 1.29 is 0 Å². The number of hydrogen-bond donors (Lipinski definition) is 1. The van der Waals surface area contributed by atoms with Crippen molar-refractivity contribution in [3.8, 4) is 0 Å². The molecule has 16 heavy (non-hydrogen) atoms. The van der Waals surface area contributed by atoms with Crippen molar-refractivity contribution in [3.05, 3.63) is 34.3 Å². The summed E-state index contributed by atoms with van der Waals surface area (Å²) < 4.78 is 1.14. The Bertz CT molecular complexity index is 328. The zero-order chi connectivity index (χ0) is 12.2. The van der Waals surface area contributed by atoms with Crippen molar-refractivity contribution in [2.45, 2.75) is 39.5 Å². The fraction of sp³-hybridized carbons (Fsp3) is 0.571. The maximum atomic E-state index is 5.87. The second-order valence-electron chi connectivity index (χ2n) is 5.59. The Balaban J connectivity index is 2.68. The van der Waals surface area contributed by atoms with Gasteiger partial charge in [0.05, 0.1) is 0 Å². The Morgan fingerprint density at radius 2 is 2.00 bits per heavy atom. The van der Waals surface area contributed by atoms with E-state index in [0.29, 0.717) is 11.3 Å². The van der Waals surface area contributed by atoms with Crippen LogP contribution in [0.3, 0.4) is 0 Å². The number of nitrogens with two attached hydrogens (primary N) is 1. The highest BCUT2D eigenvalue weighted by Gasteiger charge is 2.15. The molecule has 0 aliphatic carbocycles. The molecule has 0 saturated heterocycles. The molecular formula is C14H22BrN. The van der Waals surface area contributed by atoms with Crippen molar-refractivity contribution >= 4 is 15.9 Å². The topological polar surface area (TPSA) is 26.0 Å². The van der Waals surface area contributed by atoms with Gasteiger partial charge in [-0.25, -0.2) is 0 Å². The Kier molecular flexibility index (Phi) is 5.00. The maximum absolute atomic E-state index is 5.87. The van der Waals surface area contributed by atoms with Gasteiger partial charge in [0.15, 0.2) is 0 Å². The van der Waals surface area contributed by atoms with Crippen molar-refractivity contribution in [3.63, 3.8) is 0 Å². The van der Waals surface area contributed by atoms with Crippen LogP contribution in [-0.4, -0.2) is 6.54 Å². The summed E-state index contributed by atoms with van der Waals surface area (Å²) in [6, 6.07) is 8.49. The molecule has 0 amide bonds. The fourth-order valence-corrected chi connectivity index (χ4v) is 2.21. The minimum atomic E-state index is 0.388. The molecule has 1 rings (SSSR count). The van der Waals surface area contributed by atoms with E-state index in [2.05, 4.69) is 61.0 Å². The third-order valence-corrected chi connectivity index (χ3v) is 3.34. The molecule has 0 spiro atoms. The number of rotatable bonds is 4. The summed E-state index contributed by atoms with van der Waals surface area (Å²) in [6.07, 6.45) is 2.37. The van der Waals surface area contributed by atoms with Crippen LogP contribution in [0.2, 0.25) is 0 Å². The van der Waals surface area contributed by atoms with E-state index in [1.165, 1.54) is 12.0 Å². The third-order valence-electron chi connectivity index (χ3n) is 2.85. The molecule has 90 valence electrons. The van der Waals surface area contributed by atoms with Gasteiger partial charge in [0.1, 0.15) is 0 Å². The molecule has 1 unspecified atom stereocenters. The van der Waals surface area contributed by atoms with E-state index in [4.69, 9.17) is 5.73 Å².